The van der Waals surface area contributed by atoms with Crippen molar-refractivity contribution in [1.82, 2.24) is 19.4 Å². The summed E-state index contributed by atoms with van der Waals surface area (Å²) in [6, 6.07) is 5.82. The van der Waals surface area contributed by atoms with Gasteiger partial charge in [0.2, 0.25) is 10.0 Å². The van der Waals surface area contributed by atoms with Crippen LogP contribution in [0, 0.1) is 17.0 Å². The van der Waals surface area contributed by atoms with Crippen molar-refractivity contribution in [2.45, 2.75) is 31.2 Å². The van der Waals surface area contributed by atoms with Gasteiger partial charge in [0.05, 0.1) is 15.5 Å². The number of benzene rings is 1. The zero-order valence-corrected chi connectivity index (χ0v) is 17.6. The number of aromatic amines is 1. The lowest BCUT2D eigenvalue weighted by Crippen LogP contribution is -2.47. The van der Waals surface area contributed by atoms with Crippen LogP contribution in [-0.4, -0.2) is 72.0 Å². The zero-order chi connectivity index (χ0) is 21.2. The molecule has 1 atom stereocenters. The topological polar surface area (TPSA) is 124 Å². The van der Waals surface area contributed by atoms with Crippen LogP contribution in [0.25, 0.3) is 0 Å². The Labute approximate surface area is 170 Å². The van der Waals surface area contributed by atoms with E-state index in [1.807, 2.05) is 31.9 Å². The Kier molecular flexibility index (Phi) is 6.20. The van der Waals surface area contributed by atoms with Crippen LogP contribution in [0.2, 0.25) is 0 Å². The Morgan fingerprint density at radius 3 is 2.55 bits per heavy atom. The summed E-state index contributed by atoms with van der Waals surface area (Å²) in [5, 5.41) is 21.7. The van der Waals surface area contributed by atoms with E-state index in [1.54, 1.807) is 0 Å². The number of aryl methyl sites for hydroxylation is 1. The summed E-state index contributed by atoms with van der Waals surface area (Å²) in [7, 11) is -1.84. The van der Waals surface area contributed by atoms with Crippen molar-refractivity contribution in [3.05, 3.63) is 45.8 Å². The molecule has 1 saturated heterocycles. The number of piperazine rings is 1. The third kappa shape index (κ3) is 4.92. The molecule has 11 heteroatoms. The van der Waals surface area contributed by atoms with Crippen molar-refractivity contribution in [2.24, 2.45) is 0 Å². The number of aromatic nitrogens is 2. The highest BCUT2D eigenvalue weighted by atomic mass is 32.2. The highest BCUT2D eigenvalue weighted by molar-refractivity contribution is 7.89. The Bertz CT molecular complexity index is 982. The van der Waals surface area contributed by atoms with Gasteiger partial charge in [-0.25, -0.2) is 8.42 Å². The molecule has 1 aromatic carbocycles. The fourth-order valence-electron chi connectivity index (χ4n) is 3.33. The van der Waals surface area contributed by atoms with Crippen LogP contribution in [-0.2, 0) is 16.4 Å². The van der Waals surface area contributed by atoms with Gasteiger partial charge in [-0.1, -0.05) is 0 Å². The monoisotopic (exact) mass is 422 g/mol. The number of nitro benzene ring substituents is 1. The van der Waals surface area contributed by atoms with E-state index in [0.29, 0.717) is 32.6 Å². The normalized spacial score (nSPS) is 17.2. The summed E-state index contributed by atoms with van der Waals surface area (Å²) in [5.41, 5.74) is 1.81. The molecule has 0 spiro atoms. The second-order valence-electron chi connectivity index (χ2n) is 7.44. The summed E-state index contributed by atoms with van der Waals surface area (Å²) in [6.07, 6.45) is 0.572. The molecular weight excluding hydrogens is 396 g/mol. The number of nitrogens with one attached hydrogen (secondary N) is 2. The smallest absolute Gasteiger partial charge is 0.293 e. The van der Waals surface area contributed by atoms with Crippen LogP contribution in [0.3, 0.4) is 0 Å². The first-order valence-corrected chi connectivity index (χ1v) is 10.9. The third-order valence-electron chi connectivity index (χ3n) is 4.94. The lowest BCUT2D eigenvalue weighted by atomic mass is 10.1. The lowest BCUT2D eigenvalue weighted by molar-refractivity contribution is -0.384. The minimum atomic E-state index is -3.77. The second-order valence-corrected chi connectivity index (χ2v) is 9.37. The van der Waals surface area contributed by atoms with E-state index in [1.165, 1.54) is 16.4 Å². The van der Waals surface area contributed by atoms with E-state index in [2.05, 4.69) is 15.5 Å². The van der Waals surface area contributed by atoms with Crippen molar-refractivity contribution in [2.75, 3.05) is 38.5 Å². The molecule has 2 heterocycles. The average Bonchev–Trinajstić information content (AvgIpc) is 3.06. The van der Waals surface area contributed by atoms with Gasteiger partial charge in [-0.05, 0) is 39.1 Å². The number of anilines is 1. The van der Waals surface area contributed by atoms with Gasteiger partial charge in [0.15, 0.2) is 0 Å². The highest BCUT2D eigenvalue weighted by Gasteiger charge is 2.29. The maximum atomic E-state index is 12.9. The second kappa shape index (κ2) is 8.47. The molecule has 0 aliphatic carbocycles. The van der Waals surface area contributed by atoms with Crippen LogP contribution in [0.15, 0.2) is 29.2 Å². The molecule has 29 heavy (non-hydrogen) atoms. The molecule has 1 aliphatic heterocycles. The molecule has 10 nitrogen and oxygen atoms in total. The minimum Gasteiger partial charge on any atom is -0.377 e. The van der Waals surface area contributed by atoms with Crippen molar-refractivity contribution in [1.29, 1.82) is 0 Å². The van der Waals surface area contributed by atoms with Gasteiger partial charge in [0, 0.05) is 50.4 Å². The van der Waals surface area contributed by atoms with Gasteiger partial charge in [0.25, 0.3) is 5.69 Å². The predicted molar refractivity (Wildman–Crippen MR) is 109 cm³/mol. The van der Waals surface area contributed by atoms with Crippen molar-refractivity contribution in [3.63, 3.8) is 0 Å². The molecule has 0 saturated carbocycles. The molecule has 0 bridgehead atoms. The number of hydrogen-bond donors (Lipinski definition) is 2. The molecule has 1 aliphatic rings. The molecule has 0 amide bonds. The van der Waals surface area contributed by atoms with Gasteiger partial charge >= 0.3 is 0 Å². The fourth-order valence-corrected chi connectivity index (χ4v) is 4.77. The van der Waals surface area contributed by atoms with E-state index >= 15 is 0 Å². The molecule has 158 valence electrons. The van der Waals surface area contributed by atoms with Gasteiger partial charge in [0.1, 0.15) is 5.69 Å². The number of hydrogen-bond acceptors (Lipinski definition) is 7. The van der Waals surface area contributed by atoms with Crippen LogP contribution in [0.1, 0.15) is 18.3 Å². The maximum absolute atomic E-state index is 12.9. The first kappa shape index (κ1) is 21.2. The average molecular weight is 423 g/mol. The summed E-state index contributed by atoms with van der Waals surface area (Å²) in [4.78, 5) is 13.0. The van der Waals surface area contributed by atoms with Crippen LogP contribution < -0.4 is 5.32 Å². The summed E-state index contributed by atoms with van der Waals surface area (Å²) >= 11 is 0. The molecule has 1 fully saturated rings. The number of sulfonamides is 1. The summed E-state index contributed by atoms with van der Waals surface area (Å²) < 4.78 is 27.2. The summed E-state index contributed by atoms with van der Waals surface area (Å²) in [5.74, 6) is 0. The Morgan fingerprint density at radius 1 is 1.28 bits per heavy atom. The van der Waals surface area contributed by atoms with Crippen molar-refractivity contribution >= 4 is 21.4 Å². The zero-order valence-electron chi connectivity index (χ0n) is 16.8. The molecule has 3 rings (SSSR count). The molecule has 2 aromatic rings. The van der Waals surface area contributed by atoms with Gasteiger partial charge in [-0.3, -0.25) is 15.2 Å². The number of rotatable bonds is 7. The fraction of sp³-hybridized carbons (Fsp3) is 0.500. The van der Waals surface area contributed by atoms with E-state index < -0.39 is 14.9 Å². The Hall–Kier alpha value is -2.50. The van der Waals surface area contributed by atoms with Crippen molar-refractivity contribution < 1.29 is 13.3 Å². The highest BCUT2D eigenvalue weighted by Crippen LogP contribution is 2.30. The van der Waals surface area contributed by atoms with Gasteiger partial charge in [-0.15, -0.1) is 0 Å². The molecule has 1 unspecified atom stereocenters. The molecule has 2 N–H and O–H groups in total. The van der Waals surface area contributed by atoms with Crippen LogP contribution in [0.5, 0.6) is 0 Å². The number of H-pyrrole nitrogens is 1. The first-order chi connectivity index (χ1) is 13.7. The Balaban J connectivity index is 1.80. The predicted octanol–water partition coefficient (Wildman–Crippen LogP) is 1.61. The van der Waals surface area contributed by atoms with Crippen LogP contribution in [0.4, 0.5) is 11.4 Å². The quantitative estimate of drug-likeness (QED) is 0.513. The lowest BCUT2D eigenvalue weighted by Gasteiger charge is -2.31. The van der Waals surface area contributed by atoms with Gasteiger partial charge < -0.3 is 10.2 Å². The van der Waals surface area contributed by atoms with E-state index in [0.717, 1.165) is 17.5 Å². The molecule has 1 aromatic heterocycles. The number of nitrogens with zero attached hydrogens (tertiary/aromatic N) is 4. The Morgan fingerprint density at radius 2 is 1.97 bits per heavy atom. The number of nitro groups is 1. The summed E-state index contributed by atoms with van der Waals surface area (Å²) in [6.45, 7) is 5.79. The van der Waals surface area contributed by atoms with E-state index in [9.17, 15) is 18.5 Å². The largest absolute Gasteiger partial charge is 0.377 e. The van der Waals surface area contributed by atoms with Gasteiger partial charge in [-0.2, -0.15) is 9.40 Å². The van der Waals surface area contributed by atoms with E-state index in [-0.39, 0.29) is 22.3 Å². The third-order valence-corrected chi connectivity index (χ3v) is 6.84. The first-order valence-electron chi connectivity index (χ1n) is 9.41. The standard InChI is InChI=1S/C18H26N6O4S/c1-13(10-15-11-14(2)20-21-15)19-17-5-4-16(12-18(17)24(25)26)29(27,28)23-8-6-22(3)7-9-23/h4-5,11-13,19H,6-10H2,1-3H3,(H,20,21). The SMILES string of the molecule is Cc1cc(CC(C)Nc2ccc(S(=O)(=O)N3CCN(C)CC3)cc2[N+](=O)[O-])n[nH]1. The maximum Gasteiger partial charge on any atom is 0.293 e. The van der Waals surface area contributed by atoms with E-state index in [4.69, 9.17) is 0 Å². The van der Waals surface area contributed by atoms with Crippen LogP contribution >= 0.6 is 0 Å². The molecule has 0 radical (unpaired) electrons. The molecular formula is C18H26N6O4S. The number of likely N-dealkylation sites (N-methyl/N-ethyl adjacent to an activating group) is 1. The minimum absolute atomic E-state index is 0.0603. The van der Waals surface area contributed by atoms with Crippen molar-refractivity contribution in [3.8, 4) is 0 Å².